The van der Waals surface area contributed by atoms with Gasteiger partial charge in [0.15, 0.2) is 11.6 Å². The highest BCUT2D eigenvalue weighted by Crippen LogP contribution is 2.40. The zero-order valence-electron chi connectivity index (χ0n) is 16.3. The van der Waals surface area contributed by atoms with Gasteiger partial charge < -0.3 is 19.9 Å². The summed E-state index contributed by atoms with van der Waals surface area (Å²) >= 11 is 0. The van der Waals surface area contributed by atoms with Crippen molar-refractivity contribution in [1.29, 1.82) is 0 Å². The predicted octanol–water partition coefficient (Wildman–Crippen LogP) is 1.89. The number of fused-ring (bicyclic) bond motifs is 3. The summed E-state index contributed by atoms with van der Waals surface area (Å²) in [5, 5.41) is 12.2. The smallest absolute Gasteiger partial charge is 0.341 e. The molecule has 1 amide bonds. The molecule has 2 aliphatic rings. The van der Waals surface area contributed by atoms with E-state index in [1.54, 1.807) is 4.57 Å². The average Bonchev–Trinajstić information content (AvgIpc) is 2.91. The van der Waals surface area contributed by atoms with E-state index in [1.165, 1.54) is 13.1 Å². The second-order valence-electron chi connectivity index (χ2n) is 7.79. The first-order valence-electron chi connectivity index (χ1n) is 9.82. The molecule has 2 aromatic heterocycles. The van der Waals surface area contributed by atoms with E-state index in [-0.39, 0.29) is 40.9 Å². The van der Waals surface area contributed by atoms with E-state index in [2.05, 4.69) is 10.3 Å². The highest BCUT2D eigenvalue weighted by molar-refractivity contribution is 5.92. The summed E-state index contributed by atoms with van der Waals surface area (Å²) < 4.78 is 16.6. The van der Waals surface area contributed by atoms with Gasteiger partial charge in [0.1, 0.15) is 11.2 Å². The molecule has 0 spiro atoms. The van der Waals surface area contributed by atoms with Crippen molar-refractivity contribution in [2.75, 3.05) is 4.90 Å². The number of aromatic carboxylic acids is 1. The van der Waals surface area contributed by atoms with Gasteiger partial charge in [0.05, 0.1) is 5.39 Å². The molecule has 2 N–H and O–H groups in total. The number of aromatic nitrogens is 2. The Morgan fingerprint density at radius 2 is 1.97 bits per heavy atom. The summed E-state index contributed by atoms with van der Waals surface area (Å²) in [5.41, 5.74) is -0.853. The summed E-state index contributed by atoms with van der Waals surface area (Å²) in [7, 11) is 0. The Hall–Kier alpha value is -2.97. The summed E-state index contributed by atoms with van der Waals surface area (Å²) in [5.74, 6) is -1.86. The Balaban J connectivity index is 1.79. The number of pyridine rings is 2. The molecule has 2 aliphatic heterocycles. The maximum atomic E-state index is 15.1. The fourth-order valence-electron chi connectivity index (χ4n) is 4.78. The van der Waals surface area contributed by atoms with Crippen LogP contribution in [0.2, 0.25) is 0 Å². The third-order valence-corrected chi connectivity index (χ3v) is 5.94. The first-order chi connectivity index (χ1) is 13.8. The van der Waals surface area contributed by atoms with E-state index >= 15 is 4.39 Å². The van der Waals surface area contributed by atoms with Crippen molar-refractivity contribution in [3.8, 4) is 0 Å². The van der Waals surface area contributed by atoms with Crippen LogP contribution in [0.5, 0.6) is 0 Å². The minimum absolute atomic E-state index is 0.0338. The van der Waals surface area contributed by atoms with E-state index in [9.17, 15) is 19.5 Å². The largest absolute Gasteiger partial charge is 0.477 e. The van der Waals surface area contributed by atoms with Crippen LogP contribution in [0.15, 0.2) is 17.1 Å². The molecule has 2 fully saturated rings. The Morgan fingerprint density at radius 1 is 1.31 bits per heavy atom. The lowest BCUT2D eigenvalue weighted by atomic mass is 9.97. The number of halogens is 1. The molecule has 29 heavy (non-hydrogen) atoms. The molecule has 4 heterocycles. The zero-order chi connectivity index (χ0) is 20.9. The quantitative estimate of drug-likeness (QED) is 0.809. The normalized spacial score (nSPS) is 23.4. The number of nitrogens with zero attached hydrogens (tertiary/aromatic N) is 3. The molecule has 154 valence electrons. The van der Waals surface area contributed by atoms with Gasteiger partial charge in [-0.05, 0) is 38.7 Å². The van der Waals surface area contributed by atoms with Gasteiger partial charge in [-0.3, -0.25) is 9.59 Å². The van der Waals surface area contributed by atoms with Crippen LogP contribution >= 0.6 is 0 Å². The van der Waals surface area contributed by atoms with E-state index in [0.717, 1.165) is 18.9 Å². The highest BCUT2D eigenvalue weighted by atomic mass is 19.1. The van der Waals surface area contributed by atoms with Crippen LogP contribution in [0, 0.1) is 5.82 Å². The second kappa shape index (κ2) is 7.13. The summed E-state index contributed by atoms with van der Waals surface area (Å²) in [6.07, 6.45) is 4.47. The van der Waals surface area contributed by atoms with Gasteiger partial charge in [0, 0.05) is 37.8 Å². The van der Waals surface area contributed by atoms with Crippen LogP contribution in [0.3, 0.4) is 0 Å². The molecule has 2 unspecified atom stereocenters. The number of carboxylic acids is 1. The van der Waals surface area contributed by atoms with E-state index < -0.39 is 22.8 Å². The third kappa shape index (κ3) is 3.24. The molecular weight excluding hydrogens is 379 g/mol. The Bertz CT molecular complexity index is 1050. The van der Waals surface area contributed by atoms with Crippen LogP contribution in [0.25, 0.3) is 11.0 Å². The van der Waals surface area contributed by atoms with Crippen molar-refractivity contribution in [1.82, 2.24) is 14.9 Å². The number of carbonyl (C=O) groups is 2. The van der Waals surface area contributed by atoms with Crippen LogP contribution in [-0.4, -0.2) is 44.7 Å². The number of hydrogen-bond donors (Lipinski definition) is 2. The molecule has 2 aromatic rings. The first kappa shape index (κ1) is 19.4. The van der Waals surface area contributed by atoms with Gasteiger partial charge in [-0.2, -0.15) is 0 Å². The fourth-order valence-corrected chi connectivity index (χ4v) is 4.78. The lowest BCUT2D eigenvalue weighted by Crippen LogP contribution is -2.50. The highest BCUT2D eigenvalue weighted by Gasteiger charge is 2.42. The van der Waals surface area contributed by atoms with Crippen LogP contribution in [0.1, 0.15) is 49.9 Å². The Morgan fingerprint density at radius 3 is 2.52 bits per heavy atom. The average molecular weight is 402 g/mol. The van der Waals surface area contributed by atoms with Crippen LogP contribution in [-0.2, 0) is 11.3 Å². The van der Waals surface area contributed by atoms with Crippen molar-refractivity contribution in [3.63, 3.8) is 0 Å². The second-order valence-corrected chi connectivity index (χ2v) is 7.79. The van der Waals surface area contributed by atoms with E-state index in [1.807, 2.05) is 11.8 Å². The van der Waals surface area contributed by atoms with Gasteiger partial charge in [-0.1, -0.05) is 0 Å². The number of aryl methyl sites for hydroxylation is 1. The van der Waals surface area contributed by atoms with Gasteiger partial charge in [-0.15, -0.1) is 0 Å². The van der Waals surface area contributed by atoms with Crippen molar-refractivity contribution >= 4 is 28.7 Å². The minimum Gasteiger partial charge on any atom is -0.477 e. The number of anilines is 1. The van der Waals surface area contributed by atoms with Crippen molar-refractivity contribution in [2.45, 2.75) is 64.2 Å². The molecule has 2 bridgehead atoms. The first-order valence-corrected chi connectivity index (χ1v) is 9.82. The molecule has 9 heteroatoms. The summed E-state index contributed by atoms with van der Waals surface area (Å²) in [6.45, 7) is 3.70. The van der Waals surface area contributed by atoms with Gasteiger partial charge in [-0.25, -0.2) is 14.2 Å². The van der Waals surface area contributed by atoms with Crippen LogP contribution < -0.4 is 15.6 Å². The topological polar surface area (TPSA) is 105 Å². The Kier molecular flexibility index (Phi) is 4.76. The number of piperidine rings is 1. The van der Waals surface area contributed by atoms with Crippen molar-refractivity contribution in [3.05, 3.63) is 33.9 Å². The minimum atomic E-state index is -1.35. The van der Waals surface area contributed by atoms with E-state index in [0.29, 0.717) is 19.4 Å². The monoisotopic (exact) mass is 402 g/mol. The summed E-state index contributed by atoms with van der Waals surface area (Å²) in [4.78, 5) is 41.7. The number of hydrogen-bond acceptors (Lipinski definition) is 5. The van der Waals surface area contributed by atoms with Gasteiger partial charge >= 0.3 is 5.97 Å². The molecule has 0 aromatic carbocycles. The molecule has 0 aliphatic carbocycles. The molecule has 4 rings (SSSR count). The van der Waals surface area contributed by atoms with Crippen molar-refractivity contribution < 1.29 is 19.1 Å². The van der Waals surface area contributed by atoms with Crippen LogP contribution in [0.4, 0.5) is 10.2 Å². The molecule has 2 atom stereocenters. The number of carboxylic acid groups (broad SMARTS) is 1. The van der Waals surface area contributed by atoms with Gasteiger partial charge in [0.2, 0.25) is 11.3 Å². The molecular formula is C20H23FN4O4. The molecule has 8 nitrogen and oxygen atoms in total. The van der Waals surface area contributed by atoms with Crippen molar-refractivity contribution in [2.24, 2.45) is 0 Å². The Labute approximate surface area is 166 Å². The van der Waals surface area contributed by atoms with E-state index in [4.69, 9.17) is 0 Å². The zero-order valence-corrected chi connectivity index (χ0v) is 16.3. The number of nitrogens with one attached hydrogen (secondary N) is 1. The number of amides is 1. The maximum absolute atomic E-state index is 15.1. The molecule has 0 radical (unpaired) electrons. The molecule has 2 saturated heterocycles. The molecule has 0 saturated carbocycles. The SMILES string of the molecule is CCn1cc(C(=O)O)c(=O)c2cc(F)c(N3C4CCC3CC(NC(C)=O)C4)nc21. The third-order valence-electron chi connectivity index (χ3n) is 5.94. The summed E-state index contributed by atoms with van der Waals surface area (Å²) in [6, 6.07) is 1.30. The fraction of sp³-hybridized carbons (Fsp3) is 0.500. The number of carbonyl (C=O) groups excluding carboxylic acids is 1. The standard InChI is InChI=1S/C20H23FN4O4/c1-3-24-9-15(20(28)29)17(27)14-8-16(21)19(23-18(14)24)25-12-4-5-13(25)7-11(6-12)22-10(2)26/h8-9,11-13H,3-7H2,1-2H3,(H,22,26)(H,28,29). The predicted molar refractivity (Wildman–Crippen MR) is 105 cm³/mol. The lowest BCUT2D eigenvalue weighted by Gasteiger charge is -2.40. The van der Waals surface area contributed by atoms with Gasteiger partial charge in [0.25, 0.3) is 0 Å². The lowest BCUT2D eigenvalue weighted by molar-refractivity contribution is -0.119. The number of rotatable bonds is 4. The maximum Gasteiger partial charge on any atom is 0.341 e.